The van der Waals surface area contributed by atoms with Gasteiger partial charge in [-0.1, -0.05) is 58.8 Å². The van der Waals surface area contributed by atoms with Crippen molar-refractivity contribution in [2.24, 2.45) is 11.8 Å². The van der Waals surface area contributed by atoms with E-state index in [9.17, 15) is 9.90 Å². The van der Waals surface area contributed by atoms with Gasteiger partial charge in [0.25, 0.3) is 5.91 Å². The molecule has 4 nitrogen and oxygen atoms in total. The Morgan fingerprint density at radius 2 is 2.03 bits per heavy atom. The largest absolute Gasteiger partial charge is 0.396 e. The van der Waals surface area contributed by atoms with Gasteiger partial charge in [0.15, 0.2) is 0 Å². The first-order valence-corrected chi connectivity index (χ1v) is 11.5. The first-order valence-electron chi connectivity index (χ1n) is 10.7. The second kappa shape index (κ2) is 9.33. The number of aliphatic hydroxyl groups excluding tert-OH is 1. The average Bonchev–Trinajstić information content (AvgIpc) is 2.76. The van der Waals surface area contributed by atoms with Gasteiger partial charge in [-0.3, -0.25) is 4.79 Å². The van der Waals surface area contributed by atoms with Crippen LogP contribution in [0.3, 0.4) is 0 Å². The van der Waals surface area contributed by atoms with Crippen molar-refractivity contribution in [3.8, 4) is 0 Å². The number of aromatic nitrogens is 1. The summed E-state index contributed by atoms with van der Waals surface area (Å²) in [6, 6.07) is 16.0. The summed E-state index contributed by atoms with van der Waals surface area (Å²) in [6.45, 7) is 5.62. The topological polar surface area (TPSA) is 53.4 Å². The number of aryl methyl sites for hydroxylation is 1. The Labute approximate surface area is 191 Å². The molecule has 0 aliphatic carbocycles. The van der Waals surface area contributed by atoms with E-state index in [1.165, 1.54) is 5.56 Å². The molecular weight excluding hydrogens is 452 g/mol. The van der Waals surface area contributed by atoms with Gasteiger partial charge in [-0.25, -0.2) is 4.98 Å². The third-order valence-corrected chi connectivity index (χ3v) is 6.29. The quantitative estimate of drug-likeness (QED) is 0.533. The number of hydrogen-bond acceptors (Lipinski definition) is 3. The van der Waals surface area contributed by atoms with Crippen LogP contribution in [0.5, 0.6) is 0 Å². The highest BCUT2D eigenvalue weighted by atomic mass is 79.9. The van der Waals surface area contributed by atoms with Crippen LogP contribution in [0.15, 0.2) is 53.0 Å². The Morgan fingerprint density at radius 3 is 2.81 bits per heavy atom. The fourth-order valence-corrected chi connectivity index (χ4v) is 4.75. The van der Waals surface area contributed by atoms with E-state index in [1.54, 1.807) is 0 Å². The third-order valence-electron chi connectivity index (χ3n) is 5.80. The molecule has 1 aromatic heterocycles. The van der Waals surface area contributed by atoms with Gasteiger partial charge < -0.3 is 10.0 Å². The SMILES string of the molecule is Cc1cccc(/C=C/c2cc(C(=O)N3CC(C)CC(CO)C3)c3cc(Br)ccc3n2)c1. The van der Waals surface area contributed by atoms with Gasteiger partial charge in [-0.2, -0.15) is 0 Å². The van der Waals surface area contributed by atoms with Gasteiger partial charge in [-0.15, -0.1) is 0 Å². The summed E-state index contributed by atoms with van der Waals surface area (Å²) in [6.07, 6.45) is 4.94. The van der Waals surface area contributed by atoms with Crippen LogP contribution in [0.1, 0.15) is 40.5 Å². The Hall–Kier alpha value is -2.50. The summed E-state index contributed by atoms with van der Waals surface area (Å²) >= 11 is 3.53. The molecule has 4 rings (SSSR count). The number of rotatable bonds is 4. The number of fused-ring (bicyclic) bond motifs is 1. The maximum atomic E-state index is 13.6. The molecule has 2 aromatic carbocycles. The lowest BCUT2D eigenvalue weighted by Crippen LogP contribution is -2.44. The number of piperidine rings is 1. The van der Waals surface area contributed by atoms with Crippen LogP contribution in [-0.4, -0.2) is 40.6 Å². The smallest absolute Gasteiger partial charge is 0.254 e. The van der Waals surface area contributed by atoms with E-state index in [-0.39, 0.29) is 18.4 Å². The minimum atomic E-state index is 0.000653. The zero-order chi connectivity index (χ0) is 22.0. The number of pyridine rings is 1. The Bertz CT molecular complexity index is 1140. The zero-order valence-electron chi connectivity index (χ0n) is 17.9. The van der Waals surface area contributed by atoms with Crippen LogP contribution in [0, 0.1) is 18.8 Å². The fraction of sp³-hybridized carbons (Fsp3) is 0.308. The molecule has 1 fully saturated rings. The van der Waals surface area contributed by atoms with E-state index in [1.807, 2.05) is 47.4 Å². The van der Waals surface area contributed by atoms with E-state index >= 15 is 0 Å². The molecule has 0 spiro atoms. The van der Waals surface area contributed by atoms with E-state index < -0.39 is 0 Å². The molecule has 1 saturated heterocycles. The lowest BCUT2D eigenvalue weighted by molar-refractivity contribution is 0.0535. The van der Waals surface area contributed by atoms with Crippen molar-refractivity contribution in [3.05, 3.63) is 75.4 Å². The lowest BCUT2D eigenvalue weighted by atomic mass is 9.90. The maximum absolute atomic E-state index is 13.6. The van der Waals surface area contributed by atoms with Crippen molar-refractivity contribution in [2.45, 2.75) is 20.3 Å². The van der Waals surface area contributed by atoms with Crippen molar-refractivity contribution in [1.82, 2.24) is 9.88 Å². The van der Waals surface area contributed by atoms with E-state index in [4.69, 9.17) is 4.98 Å². The molecule has 2 atom stereocenters. The van der Waals surface area contributed by atoms with Crippen LogP contribution >= 0.6 is 15.9 Å². The molecule has 2 heterocycles. The van der Waals surface area contributed by atoms with E-state index in [0.29, 0.717) is 24.6 Å². The maximum Gasteiger partial charge on any atom is 0.254 e. The molecule has 1 aliphatic heterocycles. The number of amides is 1. The molecule has 31 heavy (non-hydrogen) atoms. The van der Waals surface area contributed by atoms with Crippen molar-refractivity contribution in [3.63, 3.8) is 0 Å². The molecule has 1 N–H and O–H groups in total. The number of carbonyl (C=O) groups is 1. The number of aliphatic hydroxyl groups is 1. The highest BCUT2D eigenvalue weighted by Crippen LogP contribution is 2.28. The molecule has 160 valence electrons. The summed E-state index contributed by atoms with van der Waals surface area (Å²) in [5.74, 6) is 0.504. The van der Waals surface area contributed by atoms with Gasteiger partial charge in [0.2, 0.25) is 0 Å². The Kier molecular flexibility index (Phi) is 6.54. The minimum Gasteiger partial charge on any atom is -0.396 e. The summed E-state index contributed by atoms with van der Waals surface area (Å²) in [5, 5.41) is 10.5. The minimum absolute atomic E-state index is 0.000653. The number of carbonyl (C=O) groups excluding carboxylic acids is 1. The Balaban J connectivity index is 1.74. The fourth-order valence-electron chi connectivity index (χ4n) is 4.39. The third kappa shape index (κ3) is 5.05. The number of hydrogen-bond donors (Lipinski definition) is 1. The van der Waals surface area contributed by atoms with E-state index in [0.717, 1.165) is 33.1 Å². The predicted octanol–water partition coefficient (Wildman–Crippen LogP) is 5.57. The van der Waals surface area contributed by atoms with Gasteiger partial charge in [0, 0.05) is 29.6 Å². The van der Waals surface area contributed by atoms with Crippen molar-refractivity contribution >= 4 is 44.9 Å². The number of benzene rings is 2. The van der Waals surface area contributed by atoms with Gasteiger partial charge in [0.1, 0.15) is 0 Å². The number of likely N-dealkylation sites (tertiary alicyclic amines) is 1. The first-order chi connectivity index (χ1) is 14.9. The van der Waals surface area contributed by atoms with Crippen LogP contribution in [0.4, 0.5) is 0 Å². The zero-order valence-corrected chi connectivity index (χ0v) is 19.5. The normalized spacial score (nSPS) is 19.3. The molecular formula is C26H27BrN2O2. The molecule has 5 heteroatoms. The predicted molar refractivity (Wildman–Crippen MR) is 130 cm³/mol. The molecule has 1 aliphatic rings. The monoisotopic (exact) mass is 478 g/mol. The van der Waals surface area contributed by atoms with Crippen LogP contribution < -0.4 is 0 Å². The molecule has 0 saturated carbocycles. The van der Waals surface area contributed by atoms with Crippen LogP contribution in [0.2, 0.25) is 0 Å². The molecule has 0 bridgehead atoms. The highest BCUT2D eigenvalue weighted by molar-refractivity contribution is 9.10. The summed E-state index contributed by atoms with van der Waals surface area (Å²) in [4.78, 5) is 20.2. The van der Waals surface area contributed by atoms with Crippen LogP contribution in [0.25, 0.3) is 23.1 Å². The van der Waals surface area contributed by atoms with Crippen LogP contribution in [-0.2, 0) is 0 Å². The second-order valence-corrected chi connectivity index (χ2v) is 9.52. The van der Waals surface area contributed by atoms with Crippen molar-refractivity contribution < 1.29 is 9.90 Å². The number of nitrogens with zero attached hydrogens (tertiary/aromatic N) is 2. The van der Waals surface area contributed by atoms with Crippen molar-refractivity contribution in [1.29, 1.82) is 0 Å². The molecule has 1 amide bonds. The van der Waals surface area contributed by atoms with Gasteiger partial charge >= 0.3 is 0 Å². The first kappa shape index (κ1) is 21.7. The molecule has 0 radical (unpaired) electrons. The molecule has 2 unspecified atom stereocenters. The van der Waals surface area contributed by atoms with Crippen molar-refractivity contribution in [2.75, 3.05) is 19.7 Å². The summed E-state index contributed by atoms with van der Waals surface area (Å²) < 4.78 is 0.916. The molecule has 3 aromatic rings. The summed E-state index contributed by atoms with van der Waals surface area (Å²) in [5.41, 5.74) is 4.50. The lowest BCUT2D eigenvalue weighted by Gasteiger charge is -2.36. The average molecular weight is 479 g/mol. The van der Waals surface area contributed by atoms with Gasteiger partial charge in [-0.05, 0) is 61.1 Å². The Morgan fingerprint density at radius 1 is 1.19 bits per heavy atom. The van der Waals surface area contributed by atoms with Gasteiger partial charge in [0.05, 0.1) is 16.8 Å². The highest BCUT2D eigenvalue weighted by Gasteiger charge is 2.29. The van der Waals surface area contributed by atoms with E-state index in [2.05, 4.69) is 48.0 Å². The number of halogens is 1. The standard InChI is InChI=1S/C26H27BrN2O2/c1-17-4-3-5-19(10-17)6-8-22-13-24(23-12-21(27)7-9-25(23)28-22)26(31)29-14-18(2)11-20(15-29)16-30/h3-10,12-13,18,20,30H,11,14-16H2,1-2H3/b8-6+. The summed E-state index contributed by atoms with van der Waals surface area (Å²) in [7, 11) is 0. The second-order valence-electron chi connectivity index (χ2n) is 8.60.